The molecule has 29 heteroatoms. The van der Waals surface area contributed by atoms with Gasteiger partial charge >= 0.3 is 6.09 Å². The van der Waals surface area contributed by atoms with Crippen LogP contribution >= 0.6 is 68.0 Å². The number of methoxy groups -OCH3 is 1. The molecule has 0 unspecified atom stereocenters. The molecule has 0 aliphatic carbocycles. The first-order valence-electron chi connectivity index (χ1n) is 23.4. The first kappa shape index (κ1) is 54.4. The van der Waals surface area contributed by atoms with Crippen molar-refractivity contribution in [3.05, 3.63) is 106 Å². The van der Waals surface area contributed by atoms with E-state index in [4.69, 9.17) is 35.1 Å². The first-order chi connectivity index (χ1) is 37.3. The van der Waals surface area contributed by atoms with Gasteiger partial charge in [0.1, 0.15) is 77.2 Å². The van der Waals surface area contributed by atoms with Crippen molar-refractivity contribution < 1.29 is 43.3 Å². The summed E-state index contributed by atoms with van der Waals surface area (Å²) in [7, 11) is 2.89. The third kappa shape index (κ3) is 12.9. The molecule has 23 nitrogen and oxygen atoms in total. The Hall–Kier alpha value is -7.35. The number of carbonyl (C=O) groups is 6. The molecular formula is C48H46N14O9S6. The highest BCUT2D eigenvalue weighted by atomic mass is 32.1. The van der Waals surface area contributed by atoms with E-state index in [0.29, 0.717) is 83.1 Å². The lowest BCUT2D eigenvalue weighted by atomic mass is 10.0. The minimum Gasteiger partial charge on any atom is -0.449 e. The number of aliphatic hydroxyl groups excluding tert-OH is 1. The van der Waals surface area contributed by atoms with Crippen LogP contribution < -0.4 is 37.6 Å². The second-order valence-electron chi connectivity index (χ2n) is 16.7. The molecule has 398 valence electrons. The largest absolute Gasteiger partial charge is 0.449 e. The van der Waals surface area contributed by atoms with E-state index in [9.17, 15) is 33.9 Å². The number of ether oxygens (including phenoxy) is 2. The van der Waals surface area contributed by atoms with Crippen LogP contribution in [0.1, 0.15) is 94.2 Å². The molecule has 1 aliphatic rings. The van der Waals surface area contributed by atoms with Gasteiger partial charge in [-0.25, -0.2) is 39.7 Å². The zero-order valence-corrected chi connectivity index (χ0v) is 45.8. The Bertz CT molecular complexity index is 3460. The van der Waals surface area contributed by atoms with E-state index in [1.54, 1.807) is 70.9 Å². The summed E-state index contributed by atoms with van der Waals surface area (Å²) >= 11 is 6.96. The van der Waals surface area contributed by atoms with Crippen LogP contribution in [0.3, 0.4) is 0 Å². The molecule has 8 heterocycles. The predicted octanol–water partition coefficient (Wildman–Crippen LogP) is 6.72. The maximum Gasteiger partial charge on any atom is 0.412 e. The molecule has 9 N–H and O–H groups in total. The fraction of sp³-hybridized carbons (Fsp3) is 0.271. The van der Waals surface area contributed by atoms with Gasteiger partial charge in [-0.2, -0.15) is 0 Å². The summed E-state index contributed by atoms with van der Waals surface area (Å²) in [4.78, 5) is 115. The van der Waals surface area contributed by atoms with Crippen LogP contribution in [0.4, 0.5) is 15.7 Å². The van der Waals surface area contributed by atoms with Crippen LogP contribution in [0, 0.1) is 6.92 Å². The molecule has 0 spiro atoms. The van der Waals surface area contributed by atoms with Crippen LogP contribution in [0.5, 0.6) is 0 Å². The normalized spacial score (nSPS) is 15.4. The second kappa shape index (κ2) is 24.8. The molecule has 1 aromatic carbocycles. The van der Waals surface area contributed by atoms with Crippen molar-refractivity contribution in [3.8, 4) is 43.4 Å². The summed E-state index contributed by atoms with van der Waals surface area (Å²) in [5, 5.41) is 36.8. The fourth-order valence-electron chi connectivity index (χ4n) is 7.53. The minimum atomic E-state index is -1.27. The molecule has 9 rings (SSSR count). The Labute approximate surface area is 462 Å². The van der Waals surface area contributed by atoms with E-state index in [1.807, 2.05) is 0 Å². The van der Waals surface area contributed by atoms with Crippen LogP contribution in [-0.2, 0) is 25.7 Å². The number of nitrogens with two attached hydrogens (primary N) is 1. The van der Waals surface area contributed by atoms with Crippen molar-refractivity contribution in [2.75, 3.05) is 44.5 Å². The lowest BCUT2D eigenvalue weighted by Crippen LogP contribution is -2.40. The number of amides is 6. The summed E-state index contributed by atoms with van der Waals surface area (Å²) in [6.07, 6.45) is -0.825. The van der Waals surface area contributed by atoms with Crippen molar-refractivity contribution in [1.82, 2.24) is 56.2 Å². The Kier molecular flexibility index (Phi) is 17.5. The number of benzene rings is 1. The maximum absolute atomic E-state index is 14.1. The van der Waals surface area contributed by atoms with E-state index in [2.05, 4.69) is 46.9 Å². The Morgan fingerprint density at radius 3 is 2.31 bits per heavy atom. The molecule has 10 bridgehead atoms. The van der Waals surface area contributed by atoms with E-state index in [-0.39, 0.29) is 52.7 Å². The summed E-state index contributed by atoms with van der Waals surface area (Å²) in [6.45, 7) is 1.78. The molecule has 7 aromatic heterocycles. The van der Waals surface area contributed by atoms with E-state index < -0.39 is 60.4 Å². The molecule has 0 fully saturated rings. The van der Waals surface area contributed by atoms with E-state index in [1.165, 1.54) is 59.5 Å². The van der Waals surface area contributed by atoms with Crippen LogP contribution in [0.15, 0.2) is 64.0 Å². The van der Waals surface area contributed by atoms with Gasteiger partial charge in [-0.15, -0.1) is 56.7 Å². The van der Waals surface area contributed by atoms with Crippen LogP contribution in [-0.4, -0.2) is 109 Å². The second-order valence-corrected chi connectivity index (χ2v) is 22.4. The molecule has 0 saturated heterocycles. The molecule has 77 heavy (non-hydrogen) atoms. The van der Waals surface area contributed by atoms with Gasteiger partial charge in [-0.05, 0) is 44.0 Å². The number of aromatic nitrogens is 7. The number of nitrogens with one attached hydrogen (secondary N) is 6. The first-order valence-corrected chi connectivity index (χ1v) is 28.5. The number of carbonyl (C=O) groups excluding carboxylic acids is 6. The van der Waals surface area contributed by atoms with Crippen LogP contribution in [0.25, 0.3) is 43.4 Å². The summed E-state index contributed by atoms with van der Waals surface area (Å²) < 4.78 is 10.6. The topological polar surface area (TPSA) is 330 Å². The van der Waals surface area contributed by atoms with Crippen molar-refractivity contribution in [1.29, 1.82) is 0 Å². The summed E-state index contributed by atoms with van der Waals surface area (Å²) in [6, 6.07) is 10.2. The number of thiazole rings is 6. The monoisotopic (exact) mass is 1150 g/mol. The lowest BCUT2D eigenvalue weighted by molar-refractivity contribution is -0.122. The summed E-state index contributed by atoms with van der Waals surface area (Å²) in [5.74, 6) is -2.83. The predicted molar refractivity (Wildman–Crippen MR) is 293 cm³/mol. The lowest BCUT2D eigenvalue weighted by Gasteiger charge is -2.23. The van der Waals surface area contributed by atoms with Crippen molar-refractivity contribution in [3.63, 3.8) is 0 Å². The van der Waals surface area contributed by atoms with Crippen molar-refractivity contribution in [2.45, 2.75) is 51.0 Å². The number of anilines is 2. The zero-order chi connectivity index (χ0) is 54.2. The van der Waals surface area contributed by atoms with Gasteiger partial charge in [-0.1, -0.05) is 41.7 Å². The SMILES string of the molecule is CNC(=O)C[C@@H]1NC(=O)c2csc(n2)-c2ccc(-c3nc(NC(=O)OCCCCN)cs3)nc2-c2csc(n2)-c2csc(n2)[C@H]([C@@H](O)c2ccccc2)NC(=O)CNC(=O)c2nc(sc2COC)NC(=O)c2nc1sc2C. The number of rotatable bonds is 12. The number of hydrogen-bond donors (Lipinski definition) is 8. The molecule has 3 atom stereocenters. The third-order valence-electron chi connectivity index (χ3n) is 11.3. The maximum atomic E-state index is 14.1. The van der Waals surface area contributed by atoms with Gasteiger partial charge in [0.2, 0.25) is 11.8 Å². The van der Waals surface area contributed by atoms with Gasteiger partial charge < -0.3 is 41.6 Å². The highest BCUT2D eigenvalue weighted by Crippen LogP contribution is 2.40. The summed E-state index contributed by atoms with van der Waals surface area (Å²) in [5.41, 5.74) is 8.14. The van der Waals surface area contributed by atoms with Gasteiger partial charge in [0.05, 0.1) is 42.8 Å². The molecule has 6 amide bonds. The van der Waals surface area contributed by atoms with Gasteiger partial charge in [0.25, 0.3) is 17.7 Å². The smallest absolute Gasteiger partial charge is 0.412 e. The number of hydrogen-bond acceptors (Lipinski definition) is 23. The Balaban J connectivity index is 1.10. The Morgan fingerprint density at radius 1 is 0.766 bits per heavy atom. The average Bonchev–Trinajstić information content (AvgIpc) is 4.32. The third-order valence-corrected chi connectivity index (χ3v) is 16.9. The fourth-order valence-corrected chi connectivity index (χ4v) is 12.7. The molecule has 1 aliphatic heterocycles. The highest BCUT2D eigenvalue weighted by Gasteiger charge is 2.31. The van der Waals surface area contributed by atoms with Gasteiger partial charge in [0.15, 0.2) is 5.13 Å². The highest BCUT2D eigenvalue weighted by molar-refractivity contribution is 7.16. The van der Waals surface area contributed by atoms with Crippen LogP contribution in [0.2, 0.25) is 0 Å². The van der Waals surface area contributed by atoms with E-state index in [0.717, 1.165) is 22.7 Å². The minimum absolute atomic E-state index is 0.00788. The Morgan fingerprint density at radius 2 is 1.52 bits per heavy atom. The number of unbranched alkanes of at least 4 members (excludes halogenated alkanes) is 1. The van der Waals surface area contributed by atoms with E-state index >= 15 is 0 Å². The zero-order valence-electron chi connectivity index (χ0n) is 40.9. The van der Waals surface area contributed by atoms with Gasteiger partial charge in [0, 0.05) is 46.1 Å². The van der Waals surface area contributed by atoms with Crippen molar-refractivity contribution in [2.24, 2.45) is 5.73 Å². The number of pyridine rings is 1. The standard InChI is InChI=1S/C48H46N14O9S6/c1-22-34-41(68)62-47-61-36(30(77-47)17-70-3)40(67)51-16-33(64)59-37(38(65)23-9-5-4-6-10-23)46-56-29(20-74-46)44-54-27(18-73-44)35-24(11-12-25(52-35)43-57-31(21-75-43)58-48(69)71-14-8-7-13-49)42-55-28(19-72-42)39(66)53-26(15-32(63)50-2)45(60-34)76-22/h4-6,9-12,18-21,26,37-38,65H,7-8,13-17,49H2,1-3H3,(H,50,63)(H,51,67)(H,53,66)(H,58,69)(H,59,64)(H,61,62,68)/t26-,37-,38-/m0/s1. The number of nitrogens with zero attached hydrogens (tertiary/aromatic N) is 7. The quantitative estimate of drug-likeness (QED) is 0.0588. The number of aliphatic hydroxyl groups is 1. The molecular weight excluding hydrogens is 1110 g/mol. The number of aryl methyl sites for hydroxylation is 1. The molecule has 8 aromatic rings. The molecule has 0 saturated carbocycles. The van der Waals surface area contributed by atoms with Gasteiger partial charge in [-0.3, -0.25) is 34.6 Å². The number of fused-ring (bicyclic) bond motifs is 14. The average molecular weight is 1160 g/mol. The molecule has 0 radical (unpaired) electrons. The van der Waals surface area contributed by atoms with Crippen molar-refractivity contribution >= 4 is 115 Å².